The van der Waals surface area contributed by atoms with Gasteiger partial charge in [-0.2, -0.15) is 5.26 Å². The number of ketones is 2. The summed E-state index contributed by atoms with van der Waals surface area (Å²) in [6, 6.07) is 12.6. The van der Waals surface area contributed by atoms with Gasteiger partial charge in [0.05, 0.1) is 0 Å². The summed E-state index contributed by atoms with van der Waals surface area (Å²) in [5, 5.41) is 8.55. The van der Waals surface area contributed by atoms with Gasteiger partial charge in [0.2, 0.25) is 11.5 Å². The molecule has 0 aliphatic heterocycles. The molecule has 4 heteroatoms. The largest absolute Gasteiger partial charge is 0.442 e. The van der Waals surface area contributed by atoms with Crippen molar-refractivity contribution in [2.75, 3.05) is 0 Å². The van der Waals surface area contributed by atoms with Crippen LogP contribution in [-0.2, 0) is 0 Å². The maximum atomic E-state index is 11.8. The van der Waals surface area contributed by atoms with Crippen LogP contribution in [0.25, 0.3) is 0 Å². The van der Waals surface area contributed by atoms with Gasteiger partial charge in [-0.3, -0.25) is 9.59 Å². The fourth-order valence-corrected chi connectivity index (χ4v) is 1.35. The third kappa shape index (κ3) is 2.13. The van der Waals surface area contributed by atoms with E-state index < -0.39 is 11.6 Å². The zero-order valence-electron chi connectivity index (χ0n) is 8.71. The fraction of sp³-hybridized carbons (Fsp3) is 0. The Hall–Kier alpha value is -2.67. The Labute approximate surface area is 97.1 Å². The molecule has 4 nitrogen and oxygen atoms in total. The van der Waals surface area contributed by atoms with Crippen LogP contribution in [0.1, 0.15) is 26.7 Å². The molecule has 0 spiro atoms. The number of Topliss-reactive ketones (excluding diaryl/α,β-unsaturated/α-hetero) is 2. The standard InChI is InChI=1S/C13H7NO3/c14-8-10-6-7-11(17-10)13(16)12(15)9-4-2-1-3-5-9/h1-7H. The highest BCUT2D eigenvalue weighted by molar-refractivity contribution is 6.48. The first-order chi connectivity index (χ1) is 8.22. The normalized spacial score (nSPS) is 9.59. The van der Waals surface area contributed by atoms with E-state index in [9.17, 15) is 9.59 Å². The summed E-state index contributed by atoms with van der Waals surface area (Å²) < 4.78 is 4.91. The van der Waals surface area contributed by atoms with E-state index in [0.29, 0.717) is 5.56 Å². The Kier molecular flexibility index (Phi) is 2.84. The molecule has 0 bridgehead atoms. The van der Waals surface area contributed by atoms with Crippen molar-refractivity contribution in [3.05, 3.63) is 59.5 Å². The minimum absolute atomic E-state index is 0.00853. The Bertz CT molecular complexity index is 605. The van der Waals surface area contributed by atoms with Crippen molar-refractivity contribution in [1.82, 2.24) is 0 Å². The Balaban J connectivity index is 2.27. The van der Waals surface area contributed by atoms with Gasteiger partial charge >= 0.3 is 0 Å². The van der Waals surface area contributed by atoms with Crippen LogP contribution in [0, 0.1) is 11.3 Å². The lowest BCUT2D eigenvalue weighted by Crippen LogP contribution is -2.13. The molecule has 0 saturated carbocycles. The first-order valence-corrected chi connectivity index (χ1v) is 4.86. The molecule has 2 aromatic rings. The van der Waals surface area contributed by atoms with Gasteiger partial charge in [0.1, 0.15) is 6.07 Å². The van der Waals surface area contributed by atoms with Crippen LogP contribution in [0.15, 0.2) is 46.9 Å². The lowest BCUT2D eigenvalue weighted by atomic mass is 10.1. The van der Waals surface area contributed by atoms with E-state index >= 15 is 0 Å². The van der Waals surface area contributed by atoms with Crippen molar-refractivity contribution in [2.45, 2.75) is 0 Å². The first-order valence-electron chi connectivity index (χ1n) is 4.86. The molecule has 2 rings (SSSR count). The molecule has 0 atom stereocenters. The maximum Gasteiger partial charge on any atom is 0.268 e. The van der Waals surface area contributed by atoms with Crippen molar-refractivity contribution in [3.63, 3.8) is 0 Å². The molecule has 1 aromatic carbocycles. The maximum absolute atomic E-state index is 11.8. The Morgan fingerprint density at radius 2 is 1.71 bits per heavy atom. The number of nitriles is 1. The van der Waals surface area contributed by atoms with Crippen molar-refractivity contribution >= 4 is 11.6 Å². The predicted molar refractivity (Wildman–Crippen MR) is 58.5 cm³/mol. The van der Waals surface area contributed by atoms with Gasteiger partial charge in [-0.15, -0.1) is 0 Å². The summed E-state index contributed by atoms with van der Waals surface area (Å²) in [5.41, 5.74) is 0.299. The van der Waals surface area contributed by atoms with Crippen molar-refractivity contribution < 1.29 is 14.0 Å². The lowest BCUT2D eigenvalue weighted by molar-refractivity contribution is 0.0800. The second-order valence-corrected chi connectivity index (χ2v) is 3.30. The third-order valence-electron chi connectivity index (χ3n) is 2.18. The van der Waals surface area contributed by atoms with E-state index in [0.717, 1.165) is 0 Å². The van der Waals surface area contributed by atoms with Gasteiger partial charge < -0.3 is 4.42 Å². The molecule has 0 aliphatic carbocycles. The SMILES string of the molecule is N#Cc1ccc(C(=O)C(=O)c2ccccc2)o1. The molecule has 0 unspecified atom stereocenters. The van der Waals surface area contributed by atoms with Gasteiger partial charge in [-0.1, -0.05) is 30.3 Å². The number of rotatable bonds is 3. The van der Waals surface area contributed by atoms with Gasteiger partial charge in [0, 0.05) is 5.56 Å². The second-order valence-electron chi connectivity index (χ2n) is 3.30. The molecular formula is C13H7NO3. The topological polar surface area (TPSA) is 71.1 Å². The summed E-state index contributed by atoms with van der Waals surface area (Å²) in [7, 11) is 0. The average Bonchev–Trinajstić information content (AvgIpc) is 2.87. The summed E-state index contributed by atoms with van der Waals surface area (Å²) in [6.45, 7) is 0. The van der Waals surface area contributed by atoms with Crippen LogP contribution < -0.4 is 0 Å². The van der Waals surface area contributed by atoms with E-state index in [1.54, 1.807) is 36.4 Å². The summed E-state index contributed by atoms with van der Waals surface area (Å²) >= 11 is 0. The minimum Gasteiger partial charge on any atom is -0.442 e. The first kappa shape index (κ1) is 10.8. The molecule has 0 fully saturated rings. The summed E-state index contributed by atoms with van der Waals surface area (Å²) in [6.07, 6.45) is 0. The number of carbonyl (C=O) groups is 2. The van der Waals surface area contributed by atoms with E-state index in [4.69, 9.17) is 9.68 Å². The van der Waals surface area contributed by atoms with Crippen LogP contribution in [-0.4, -0.2) is 11.6 Å². The molecule has 0 aliphatic rings. The van der Waals surface area contributed by atoms with Crippen LogP contribution >= 0.6 is 0 Å². The third-order valence-corrected chi connectivity index (χ3v) is 2.18. The number of hydrogen-bond acceptors (Lipinski definition) is 4. The molecule has 17 heavy (non-hydrogen) atoms. The highest BCUT2D eigenvalue weighted by atomic mass is 16.3. The van der Waals surface area contributed by atoms with Crippen LogP contribution in [0.3, 0.4) is 0 Å². The van der Waals surface area contributed by atoms with E-state index in [1.807, 2.05) is 0 Å². The fourth-order valence-electron chi connectivity index (χ4n) is 1.35. The highest BCUT2D eigenvalue weighted by Gasteiger charge is 2.21. The van der Waals surface area contributed by atoms with Crippen molar-refractivity contribution in [2.24, 2.45) is 0 Å². The highest BCUT2D eigenvalue weighted by Crippen LogP contribution is 2.11. The van der Waals surface area contributed by atoms with Gasteiger partial charge in [-0.25, -0.2) is 0 Å². The number of hydrogen-bond donors (Lipinski definition) is 0. The minimum atomic E-state index is -0.752. The quantitative estimate of drug-likeness (QED) is 0.593. The number of furan rings is 1. The Morgan fingerprint density at radius 3 is 2.29 bits per heavy atom. The molecule has 82 valence electrons. The van der Waals surface area contributed by atoms with E-state index in [2.05, 4.69) is 0 Å². The molecule has 1 heterocycles. The smallest absolute Gasteiger partial charge is 0.268 e. The number of carbonyl (C=O) groups excluding carboxylic acids is 2. The van der Waals surface area contributed by atoms with Crippen molar-refractivity contribution in [3.8, 4) is 6.07 Å². The lowest BCUT2D eigenvalue weighted by Gasteiger charge is -1.96. The average molecular weight is 225 g/mol. The van der Waals surface area contributed by atoms with Gasteiger partial charge in [-0.05, 0) is 12.1 Å². The van der Waals surface area contributed by atoms with Gasteiger partial charge in [0.25, 0.3) is 5.78 Å². The Morgan fingerprint density at radius 1 is 1.00 bits per heavy atom. The molecule has 0 N–H and O–H groups in total. The zero-order valence-corrected chi connectivity index (χ0v) is 8.71. The van der Waals surface area contributed by atoms with E-state index in [1.165, 1.54) is 12.1 Å². The summed E-state index contributed by atoms with van der Waals surface area (Å²) in [5.74, 6) is -1.51. The number of nitrogens with zero attached hydrogens (tertiary/aromatic N) is 1. The summed E-state index contributed by atoms with van der Waals surface area (Å²) in [4.78, 5) is 23.5. The van der Waals surface area contributed by atoms with Crippen molar-refractivity contribution in [1.29, 1.82) is 5.26 Å². The molecule has 0 amide bonds. The number of benzene rings is 1. The zero-order chi connectivity index (χ0) is 12.3. The van der Waals surface area contributed by atoms with Crippen LogP contribution in [0.4, 0.5) is 0 Å². The molecule has 1 aromatic heterocycles. The molecule has 0 saturated heterocycles. The van der Waals surface area contributed by atoms with E-state index in [-0.39, 0.29) is 11.5 Å². The molecule has 0 radical (unpaired) electrons. The van der Waals surface area contributed by atoms with Crippen LogP contribution in [0.5, 0.6) is 0 Å². The van der Waals surface area contributed by atoms with Crippen LogP contribution in [0.2, 0.25) is 0 Å². The molecular weight excluding hydrogens is 218 g/mol. The van der Waals surface area contributed by atoms with Gasteiger partial charge in [0.15, 0.2) is 5.76 Å². The monoisotopic (exact) mass is 225 g/mol. The predicted octanol–water partition coefficient (Wildman–Crippen LogP) is 2.22. The second kappa shape index (κ2) is 4.45.